The molecule has 3 aliphatic rings. The lowest BCUT2D eigenvalue weighted by atomic mass is 9.82. The maximum absolute atomic E-state index is 13.9. The third kappa shape index (κ3) is 8.81. The number of esters is 1. The number of ether oxygens (including phenoxy) is 5. The van der Waals surface area contributed by atoms with Crippen molar-refractivity contribution < 1.29 is 42.5 Å². The average Bonchev–Trinajstić information content (AvgIpc) is 3.26. The summed E-state index contributed by atoms with van der Waals surface area (Å²) in [6.45, 7) is 11.6. The third-order valence-electron chi connectivity index (χ3n) is 8.01. The lowest BCUT2D eigenvalue weighted by Gasteiger charge is -2.42. The summed E-state index contributed by atoms with van der Waals surface area (Å²) < 4.78 is 42.4. The zero-order valence-electron chi connectivity index (χ0n) is 26.3. The highest BCUT2D eigenvalue weighted by molar-refractivity contribution is 5.81. The molecule has 2 amide bonds. The van der Waals surface area contributed by atoms with Crippen molar-refractivity contribution in [2.45, 2.75) is 121 Å². The van der Waals surface area contributed by atoms with Gasteiger partial charge in [-0.1, -0.05) is 18.2 Å². The first-order chi connectivity index (χ1) is 20.2. The minimum atomic E-state index is -2.03. The second-order valence-corrected chi connectivity index (χ2v) is 13.7. The SMILES string of the molecule is CC(C)(C)OC(=O)CCOc1ccccc1C1CCC(OC[C@@H]2N(C(=O)OC(C)(C)C)CC[C@@]23COC(F)C(=O)N3)CC1. The molecule has 1 spiro atoms. The van der Waals surface area contributed by atoms with Crippen LogP contribution in [0.25, 0.3) is 0 Å². The minimum absolute atomic E-state index is 0.0382. The van der Waals surface area contributed by atoms with E-state index in [2.05, 4.69) is 11.4 Å². The molecule has 2 saturated heterocycles. The van der Waals surface area contributed by atoms with Gasteiger partial charge in [-0.25, -0.2) is 9.18 Å². The van der Waals surface area contributed by atoms with Crippen molar-refractivity contribution in [2.75, 3.05) is 26.4 Å². The van der Waals surface area contributed by atoms with Crippen LogP contribution in [0.2, 0.25) is 0 Å². The van der Waals surface area contributed by atoms with Gasteiger partial charge in [0.25, 0.3) is 12.3 Å². The first kappa shape index (κ1) is 33.0. The number of rotatable bonds is 8. The monoisotopic (exact) mass is 606 g/mol. The molecule has 1 unspecified atom stereocenters. The summed E-state index contributed by atoms with van der Waals surface area (Å²) in [6, 6.07) is 7.36. The van der Waals surface area contributed by atoms with Gasteiger partial charge in [0.05, 0.1) is 43.9 Å². The van der Waals surface area contributed by atoms with Crippen LogP contribution in [0.1, 0.15) is 91.5 Å². The van der Waals surface area contributed by atoms with Gasteiger partial charge in [0.2, 0.25) is 0 Å². The molecule has 0 bridgehead atoms. The Bertz CT molecular complexity index is 1140. The molecule has 1 aliphatic carbocycles. The molecule has 43 heavy (non-hydrogen) atoms. The van der Waals surface area contributed by atoms with Gasteiger partial charge in [-0.15, -0.1) is 0 Å². The summed E-state index contributed by atoms with van der Waals surface area (Å²) >= 11 is 0. The van der Waals surface area contributed by atoms with Crippen molar-refractivity contribution in [1.82, 2.24) is 10.2 Å². The Morgan fingerprint density at radius 3 is 2.37 bits per heavy atom. The van der Waals surface area contributed by atoms with E-state index in [9.17, 15) is 18.8 Å². The summed E-state index contributed by atoms with van der Waals surface area (Å²) in [5, 5.41) is 2.79. The molecule has 10 nitrogen and oxygen atoms in total. The highest BCUT2D eigenvalue weighted by Gasteiger charge is 2.54. The van der Waals surface area contributed by atoms with E-state index in [1.165, 1.54) is 0 Å². The highest BCUT2D eigenvalue weighted by atomic mass is 19.1. The van der Waals surface area contributed by atoms with Crippen LogP contribution < -0.4 is 10.1 Å². The number of para-hydroxylation sites is 1. The summed E-state index contributed by atoms with van der Waals surface area (Å²) in [7, 11) is 0. The van der Waals surface area contributed by atoms with E-state index in [1.54, 1.807) is 25.7 Å². The predicted molar refractivity (Wildman–Crippen MR) is 156 cm³/mol. The number of benzene rings is 1. The van der Waals surface area contributed by atoms with Crippen molar-refractivity contribution in [3.8, 4) is 5.75 Å². The van der Waals surface area contributed by atoms with Crippen molar-refractivity contribution >= 4 is 18.0 Å². The van der Waals surface area contributed by atoms with E-state index in [1.807, 2.05) is 39.0 Å². The third-order valence-corrected chi connectivity index (χ3v) is 8.01. The Balaban J connectivity index is 1.34. The topological polar surface area (TPSA) is 113 Å². The number of alkyl halides is 1. The first-order valence-electron chi connectivity index (χ1n) is 15.3. The van der Waals surface area contributed by atoms with Gasteiger partial charge >= 0.3 is 12.1 Å². The van der Waals surface area contributed by atoms with Crippen LogP contribution in [0, 0.1) is 0 Å². The zero-order valence-corrected chi connectivity index (χ0v) is 26.3. The van der Waals surface area contributed by atoms with Crippen molar-refractivity contribution in [3.05, 3.63) is 29.8 Å². The minimum Gasteiger partial charge on any atom is -0.493 e. The molecule has 240 valence electrons. The largest absolute Gasteiger partial charge is 0.493 e. The van der Waals surface area contributed by atoms with E-state index >= 15 is 0 Å². The van der Waals surface area contributed by atoms with Crippen LogP contribution in [0.3, 0.4) is 0 Å². The quantitative estimate of drug-likeness (QED) is 0.410. The van der Waals surface area contributed by atoms with Crippen LogP contribution in [-0.2, 0) is 28.5 Å². The fourth-order valence-electron chi connectivity index (χ4n) is 6.03. The number of morpholine rings is 1. The number of hydrogen-bond donors (Lipinski definition) is 1. The lowest BCUT2D eigenvalue weighted by Crippen LogP contribution is -2.66. The van der Waals surface area contributed by atoms with E-state index in [4.69, 9.17) is 23.7 Å². The fourth-order valence-corrected chi connectivity index (χ4v) is 6.03. The molecule has 1 aromatic carbocycles. The number of hydrogen-bond acceptors (Lipinski definition) is 8. The normalized spacial score (nSPS) is 28.0. The molecule has 1 saturated carbocycles. The number of halogens is 1. The molecule has 0 aromatic heterocycles. The number of likely N-dealkylation sites (tertiary alicyclic amines) is 1. The predicted octanol–water partition coefficient (Wildman–Crippen LogP) is 5.03. The summed E-state index contributed by atoms with van der Waals surface area (Å²) in [6.07, 6.45) is 1.39. The lowest BCUT2D eigenvalue weighted by molar-refractivity contribution is -0.165. The second-order valence-electron chi connectivity index (χ2n) is 13.7. The van der Waals surface area contributed by atoms with Gasteiger partial charge in [-0.2, -0.15) is 0 Å². The number of carbonyl (C=O) groups is 3. The van der Waals surface area contributed by atoms with Crippen LogP contribution in [0.4, 0.5) is 9.18 Å². The number of carbonyl (C=O) groups excluding carboxylic acids is 3. The van der Waals surface area contributed by atoms with E-state index in [-0.39, 0.29) is 44.2 Å². The number of nitrogens with zero attached hydrogens (tertiary/aromatic N) is 1. The molecular weight excluding hydrogens is 559 g/mol. The Hall–Kier alpha value is -2.92. The molecule has 1 aromatic rings. The smallest absolute Gasteiger partial charge is 0.410 e. The van der Waals surface area contributed by atoms with Gasteiger partial charge in [0, 0.05) is 6.54 Å². The molecule has 1 N–H and O–H groups in total. The van der Waals surface area contributed by atoms with Crippen molar-refractivity contribution in [2.24, 2.45) is 0 Å². The summed E-state index contributed by atoms with van der Waals surface area (Å²) in [5.74, 6) is -0.0766. The molecule has 2 heterocycles. The average molecular weight is 607 g/mol. The van der Waals surface area contributed by atoms with Gasteiger partial charge in [0.15, 0.2) is 0 Å². The van der Waals surface area contributed by atoms with Crippen molar-refractivity contribution in [3.63, 3.8) is 0 Å². The Kier molecular flexibility index (Phi) is 10.3. The molecule has 0 radical (unpaired) electrons. The molecule has 4 rings (SSSR count). The molecule has 3 atom stereocenters. The van der Waals surface area contributed by atoms with Crippen molar-refractivity contribution in [1.29, 1.82) is 0 Å². The Morgan fingerprint density at radius 1 is 1.05 bits per heavy atom. The standard InChI is InChI=1S/C32H47FN2O8/c1-30(2,3)42-26(36)15-18-39-24-10-8-7-9-23(24)21-11-13-22(14-12-21)40-19-25-32(20-41-27(33)28(37)34-32)16-17-35(25)29(38)43-31(4,5)6/h7-10,21-22,25,27H,11-20H2,1-6H3,(H,34,37)/t21?,22?,25-,27?,32+/m0/s1. The second kappa shape index (κ2) is 13.4. The number of amides is 2. The van der Waals surface area contributed by atoms with E-state index in [0.717, 1.165) is 37.0 Å². The van der Waals surface area contributed by atoms with E-state index in [0.29, 0.717) is 13.0 Å². The van der Waals surface area contributed by atoms with Crippen LogP contribution in [0.15, 0.2) is 24.3 Å². The van der Waals surface area contributed by atoms with Gasteiger partial charge in [-0.05, 0) is 91.2 Å². The molecule has 2 aliphatic heterocycles. The summed E-state index contributed by atoms with van der Waals surface area (Å²) in [5.41, 5.74) is -1.05. The van der Waals surface area contributed by atoms with E-state index < -0.39 is 41.1 Å². The molecule has 3 fully saturated rings. The summed E-state index contributed by atoms with van der Waals surface area (Å²) in [4.78, 5) is 39.0. The van der Waals surface area contributed by atoms with Crippen LogP contribution in [-0.4, -0.2) is 84.5 Å². The number of nitrogens with one attached hydrogen (secondary N) is 1. The molecule has 11 heteroatoms. The Morgan fingerprint density at radius 2 is 1.72 bits per heavy atom. The highest BCUT2D eigenvalue weighted by Crippen LogP contribution is 2.39. The maximum Gasteiger partial charge on any atom is 0.410 e. The van der Waals surface area contributed by atoms with Gasteiger partial charge in [-0.3, -0.25) is 9.59 Å². The maximum atomic E-state index is 13.9. The first-order valence-corrected chi connectivity index (χ1v) is 15.3. The van der Waals surface area contributed by atoms with Gasteiger partial charge in [0.1, 0.15) is 17.0 Å². The molecular formula is C32H47FN2O8. The zero-order chi connectivity index (χ0) is 31.4. The van der Waals surface area contributed by atoms with Gasteiger partial charge < -0.3 is 33.9 Å². The van der Waals surface area contributed by atoms with Crippen LogP contribution in [0.5, 0.6) is 5.75 Å². The van der Waals surface area contributed by atoms with Crippen LogP contribution >= 0.6 is 0 Å². The Labute approximate surface area is 253 Å². The fraction of sp³-hybridized carbons (Fsp3) is 0.719.